The Kier molecular flexibility index (Phi) is 3.21. The number of amides is 1. The maximum atomic E-state index is 11.9. The fourth-order valence-corrected chi connectivity index (χ4v) is 1.94. The summed E-state index contributed by atoms with van der Waals surface area (Å²) in [5, 5.41) is 5.04. The molecule has 0 bridgehead atoms. The molecule has 0 unspecified atom stereocenters. The first-order valence-corrected chi connectivity index (χ1v) is 4.52. The topological polar surface area (TPSA) is 41.1 Å². The van der Waals surface area contributed by atoms with Crippen LogP contribution in [-0.2, 0) is 4.79 Å². The van der Waals surface area contributed by atoms with Crippen molar-refractivity contribution in [2.75, 3.05) is 13.1 Å². The number of hydrogen-bond acceptors (Lipinski definition) is 2. The van der Waals surface area contributed by atoms with Crippen molar-refractivity contribution < 1.29 is 18.0 Å². The van der Waals surface area contributed by atoms with Crippen LogP contribution in [0.2, 0.25) is 0 Å². The van der Waals surface area contributed by atoms with Gasteiger partial charge in [-0.3, -0.25) is 4.79 Å². The summed E-state index contributed by atoms with van der Waals surface area (Å²) < 4.78 is 35.8. The molecule has 0 aromatic rings. The minimum Gasteiger partial charge on any atom is -0.344 e. The highest BCUT2D eigenvalue weighted by Crippen LogP contribution is 2.50. The summed E-state index contributed by atoms with van der Waals surface area (Å²) in [5.41, 5.74) is -0.0824. The molecule has 1 amide bonds. The number of hydrogen-bond donors (Lipinski definition) is 2. The minimum absolute atomic E-state index is 0. The monoisotopic (exact) mass is 244 g/mol. The van der Waals surface area contributed by atoms with Gasteiger partial charge in [0.15, 0.2) is 0 Å². The van der Waals surface area contributed by atoms with E-state index in [0.29, 0.717) is 6.54 Å². The van der Waals surface area contributed by atoms with Gasteiger partial charge in [0, 0.05) is 24.5 Å². The first-order chi connectivity index (χ1) is 6.44. The van der Waals surface area contributed by atoms with Gasteiger partial charge in [-0.1, -0.05) is 0 Å². The van der Waals surface area contributed by atoms with Crippen molar-refractivity contribution in [3.8, 4) is 0 Å². The van der Waals surface area contributed by atoms with Gasteiger partial charge in [0.05, 0.1) is 0 Å². The van der Waals surface area contributed by atoms with Gasteiger partial charge in [-0.25, -0.2) is 0 Å². The second kappa shape index (κ2) is 3.83. The Hall–Kier alpha value is -0.490. The van der Waals surface area contributed by atoms with Crippen LogP contribution in [0.25, 0.3) is 0 Å². The molecular weight excluding hydrogens is 233 g/mol. The van der Waals surface area contributed by atoms with Gasteiger partial charge >= 0.3 is 12.1 Å². The van der Waals surface area contributed by atoms with Crippen LogP contribution in [0.4, 0.5) is 13.2 Å². The standard InChI is InChI=1S/C8H11F3N2O.ClH/c9-8(10,11)6(14)13-5-3-12-4-7(5)1-2-7;/h5,12H,1-4H2,(H,13,14);1H/t5-;/m1./s1. The third-order valence-electron chi connectivity index (χ3n) is 3.02. The molecule has 15 heavy (non-hydrogen) atoms. The number of carbonyl (C=O) groups is 1. The number of nitrogens with one attached hydrogen (secondary N) is 2. The summed E-state index contributed by atoms with van der Waals surface area (Å²) in [6.45, 7) is 1.16. The quantitative estimate of drug-likeness (QED) is 0.718. The van der Waals surface area contributed by atoms with Crippen LogP contribution in [-0.4, -0.2) is 31.2 Å². The second-order valence-corrected chi connectivity index (χ2v) is 4.02. The third-order valence-corrected chi connectivity index (χ3v) is 3.02. The lowest BCUT2D eigenvalue weighted by atomic mass is 10.0. The predicted molar refractivity (Wildman–Crippen MR) is 49.8 cm³/mol. The van der Waals surface area contributed by atoms with Crippen LogP contribution in [0.15, 0.2) is 0 Å². The maximum absolute atomic E-state index is 11.9. The summed E-state index contributed by atoms with van der Waals surface area (Å²) in [7, 11) is 0. The van der Waals surface area contributed by atoms with Gasteiger partial charge in [0.25, 0.3) is 0 Å². The first kappa shape index (κ1) is 12.6. The van der Waals surface area contributed by atoms with Crippen LogP contribution < -0.4 is 10.6 Å². The summed E-state index contributed by atoms with van der Waals surface area (Å²) in [4.78, 5) is 10.7. The Morgan fingerprint density at radius 1 is 1.40 bits per heavy atom. The highest BCUT2D eigenvalue weighted by molar-refractivity contribution is 5.85. The lowest BCUT2D eigenvalue weighted by Gasteiger charge is -2.19. The number of rotatable bonds is 1. The summed E-state index contributed by atoms with van der Waals surface area (Å²) in [6, 6.07) is -0.350. The molecule has 1 spiro atoms. The van der Waals surface area contributed by atoms with Crippen molar-refractivity contribution in [3.05, 3.63) is 0 Å². The van der Waals surface area contributed by atoms with Crippen LogP contribution >= 0.6 is 12.4 Å². The molecule has 7 heteroatoms. The Balaban J connectivity index is 0.00000112. The third kappa shape index (κ3) is 2.36. The number of alkyl halides is 3. The largest absolute Gasteiger partial charge is 0.471 e. The van der Waals surface area contributed by atoms with E-state index >= 15 is 0 Å². The molecule has 1 saturated carbocycles. The van der Waals surface area contributed by atoms with Gasteiger partial charge in [-0.2, -0.15) is 13.2 Å². The van der Waals surface area contributed by atoms with E-state index < -0.39 is 12.1 Å². The number of halogens is 4. The molecular formula is C8H12ClF3N2O. The van der Waals surface area contributed by atoms with E-state index in [9.17, 15) is 18.0 Å². The van der Waals surface area contributed by atoms with E-state index in [4.69, 9.17) is 0 Å². The molecule has 2 N–H and O–H groups in total. The van der Waals surface area contributed by atoms with Crippen LogP contribution in [0, 0.1) is 5.41 Å². The van der Waals surface area contributed by atoms with E-state index in [1.807, 2.05) is 5.32 Å². The smallest absolute Gasteiger partial charge is 0.344 e. The molecule has 1 heterocycles. The fourth-order valence-electron chi connectivity index (χ4n) is 1.94. The van der Waals surface area contributed by atoms with E-state index in [1.54, 1.807) is 0 Å². The van der Waals surface area contributed by atoms with Crippen molar-refractivity contribution in [1.29, 1.82) is 0 Å². The van der Waals surface area contributed by atoms with Crippen molar-refractivity contribution in [1.82, 2.24) is 10.6 Å². The average Bonchev–Trinajstić information content (AvgIpc) is 2.71. The molecule has 1 aliphatic heterocycles. The van der Waals surface area contributed by atoms with Gasteiger partial charge < -0.3 is 10.6 Å². The number of carbonyl (C=O) groups excluding carboxylic acids is 1. The van der Waals surface area contributed by atoms with Gasteiger partial charge in [0.2, 0.25) is 0 Å². The summed E-state index contributed by atoms with van der Waals surface area (Å²) >= 11 is 0. The zero-order valence-corrected chi connectivity index (χ0v) is 8.67. The van der Waals surface area contributed by atoms with Crippen molar-refractivity contribution in [2.45, 2.75) is 25.1 Å². The van der Waals surface area contributed by atoms with Crippen LogP contribution in [0.3, 0.4) is 0 Å². The Bertz CT molecular complexity index is 265. The first-order valence-electron chi connectivity index (χ1n) is 4.52. The van der Waals surface area contributed by atoms with E-state index in [2.05, 4.69) is 5.32 Å². The van der Waals surface area contributed by atoms with Crippen LogP contribution in [0.1, 0.15) is 12.8 Å². The molecule has 1 saturated heterocycles. The van der Waals surface area contributed by atoms with E-state index in [1.165, 1.54) is 0 Å². The minimum atomic E-state index is -4.77. The zero-order valence-electron chi connectivity index (χ0n) is 7.86. The molecule has 1 atom stereocenters. The molecule has 2 aliphatic rings. The predicted octanol–water partition coefficient (Wildman–Crippen LogP) is 0.839. The summed E-state index contributed by atoms with van der Waals surface area (Å²) in [5.74, 6) is -1.82. The second-order valence-electron chi connectivity index (χ2n) is 4.02. The van der Waals surface area contributed by atoms with Gasteiger partial charge in [0.1, 0.15) is 0 Å². The normalized spacial score (nSPS) is 27.3. The van der Waals surface area contributed by atoms with Crippen LogP contribution in [0.5, 0.6) is 0 Å². The zero-order chi connectivity index (χ0) is 10.4. The maximum Gasteiger partial charge on any atom is 0.471 e. The highest BCUT2D eigenvalue weighted by atomic mass is 35.5. The molecule has 0 radical (unpaired) electrons. The van der Waals surface area contributed by atoms with E-state index in [0.717, 1.165) is 19.4 Å². The SMILES string of the molecule is Cl.O=C(N[C@@H]1CNCC12CC2)C(F)(F)F. The fraction of sp³-hybridized carbons (Fsp3) is 0.875. The highest BCUT2D eigenvalue weighted by Gasteiger charge is 2.54. The lowest BCUT2D eigenvalue weighted by Crippen LogP contribution is -2.47. The molecule has 88 valence electrons. The molecule has 2 rings (SSSR count). The van der Waals surface area contributed by atoms with Gasteiger partial charge in [-0.15, -0.1) is 12.4 Å². The van der Waals surface area contributed by atoms with Crippen molar-refractivity contribution in [2.24, 2.45) is 5.41 Å². The van der Waals surface area contributed by atoms with E-state index in [-0.39, 0.29) is 23.9 Å². The van der Waals surface area contributed by atoms with Gasteiger partial charge in [-0.05, 0) is 12.8 Å². The average molecular weight is 245 g/mol. The molecule has 0 aromatic heterocycles. The molecule has 1 aliphatic carbocycles. The van der Waals surface area contributed by atoms with Crippen molar-refractivity contribution in [3.63, 3.8) is 0 Å². The lowest BCUT2D eigenvalue weighted by molar-refractivity contribution is -0.174. The van der Waals surface area contributed by atoms with Crippen molar-refractivity contribution >= 4 is 18.3 Å². The summed E-state index contributed by atoms with van der Waals surface area (Å²) in [6.07, 6.45) is -2.95. The Morgan fingerprint density at radius 2 is 2.00 bits per heavy atom. The molecule has 3 nitrogen and oxygen atoms in total. The Morgan fingerprint density at radius 3 is 2.47 bits per heavy atom. The molecule has 0 aromatic carbocycles. The Labute approximate surface area is 91.2 Å². The molecule has 2 fully saturated rings.